The summed E-state index contributed by atoms with van der Waals surface area (Å²) >= 11 is 7.97. The van der Waals surface area contributed by atoms with Gasteiger partial charge in [0.05, 0.1) is 18.0 Å². The summed E-state index contributed by atoms with van der Waals surface area (Å²) in [5.41, 5.74) is 3.42. The minimum atomic E-state index is -1.26. The number of rotatable bonds is 7. The molecule has 0 spiro atoms. The second-order valence-corrected chi connectivity index (χ2v) is 9.01. The standard InChI is InChI=1S/C22H21ClN2OS.C4H4O4/c23-18-9-4-8-17(14-18)19-10-5-11-25-22(19)27-21(16-6-2-1-3-7-16)20-15-24-12-13-26-20;5-3(6)1-2-4(7)8/h1-11,14,20-21,24H,12-13,15H2;1-2H,(H,5,6)(H,7,8)/b;2-1+/t20-,21-;/m0./s1. The Balaban J connectivity index is 0.000000371. The Hall–Kier alpha value is -3.17. The molecule has 182 valence electrons. The Kier molecular flexibility index (Phi) is 10.3. The lowest BCUT2D eigenvalue weighted by molar-refractivity contribution is -0.134. The van der Waals surface area contributed by atoms with E-state index in [9.17, 15) is 9.59 Å². The fraction of sp³-hybridized carbons (Fsp3) is 0.192. The van der Waals surface area contributed by atoms with E-state index in [1.165, 1.54) is 5.56 Å². The Morgan fingerprint density at radius 2 is 1.80 bits per heavy atom. The zero-order chi connectivity index (χ0) is 25.0. The molecule has 0 unspecified atom stereocenters. The van der Waals surface area contributed by atoms with Crippen LogP contribution in [0.3, 0.4) is 0 Å². The summed E-state index contributed by atoms with van der Waals surface area (Å²) in [5.74, 6) is -2.51. The lowest BCUT2D eigenvalue weighted by atomic mass is 10.1. The molecule has 0 saturated carbocycles. The van der Waals surface area contributed by atoms with Crippen molar-refractivity contribution in [1.29, 1.82) is 0 Å². The second-order valence-electron chi connectivity index (χ2n) is 7.44. The molecule has 0 aliphatic carbocycles. The zero-order valence-corrected chi connectivity index (χ0v) is 20.3. The molecule has 1 aromatic heterocycles. The van der Waals surface area contributed by atoms with Crippen LogP contribution in [-0.4, -0.2) is 52.9 Å². The number of benzene rings is 2. The van der Waals surface area contributed by atoms with Crippen molar-refractivity contribution in [2.45, 2.75) is 16.4 Å². The van der Waals surface area contributed by atoms with Crippen molar-refractivity contribution in [1.82, 2.24) is 10.3 Å². The molecule has 35 heavy (non-hydrogen) atoms. The van der Waals surface area contributed by atoms with E-state index in [2.05, 4.69) is 46.7 Å². The van der Waals surface area contributed by atoms with Crippen LogP contribution in [0, 0.1) is 0 Å². The van der Waals surface area contributed by atoms with Gasteiger partial charge in [-0.2, -0.15) is 0 Å². The number of carbonyl (C=O) groups is 2. The highest BCUT2D eigenvalue weighted by Crippen LogP contribution is 2.42. The van der Waals surface area contributed by atoms with E-state index in [-0.39, 0.29) is 11.4 Å². The van der Waals surface area contributed by atoms with Gasteiger partial charge < -0.3 is 20.3 Å². The third-order valence-corrected chi connectivity index (χ3v) is 6.55. The number of morpholine rings is 1. The highest BCUT2D eigenvalue weighted by Gasteiger charge is 2.28. The van der Waals surface area contributed by atoms with Gasteiger partial charge in [-0.05, 0) is 29.3 Å². The van der Waals surface area contributed by atoms with Crippen molar-refractivity contribution < 1.29 is 24.5 Å². The molecule has 0 bridgehead atoms. The van der Waals surface area contributed by atoms with E-state index in [0.717, 1.165) is 40.9 Å². The van der Waals surface area contributed by atoms with Gasteiger partial charge in [0.15, 0.2) is 0 Å². The first-order valence-corrected chi connectivity index (χ1v) is 12.1. The number of aliphatic carboxylic acids is 2. The highest BCUT2D eigenvalue weighted by molar-refractivity contribution is 7.99. The van der Waals surface area contributed by atoms with Crippen LogP contribution in [0.5, 0.6) is 0 Å². The number of thioether (sulfide) groups is 1. The SMILES string of the molecule is Clc1cccc(-c2cccnc2S[C@@H](c2ccccc2)[C@@H]2CNCCO2)c1.O=C(O)/C=C/C(=O)O. The Labute approximate surface area is 212 Å². The van der Waals surface area contributed by atoms with Crippen LogP contribution in [0.25, 0.3) is 11.1 Å². The van der Waals surface area contributed by atoms with Crippen LogP contribution >= 0.6 is 23.4 Å². The number of halogens is 1. The molecule has 0 amide bonds. The molecule has 1 saturated heterocycles. The van der Waals surface area contributed by atoms with Crippen molar-refractivity contribution in [2.24, 2.45) is 0 Å². The average Bonchev–Trinajstić information content (AvgIpc) is 2.88. The number of nitrogens with one attached hydrogen (secondary N) is 1. The van der Waals surface area contributed by atoms with Gasteiger partial charge >= 0.3 is 11.9 Å². The van der Waals surface area contributed by atoms with Gasteiger partial charge in [0, 0.05) is 42.0 Å². The van der Waals surface area contributed by atoms with Crippen molar-refractivity contribution in [3.05, 3.63) is 95.7 Å². The molecule has 1 aliphatic rings. The third-order valence-electron chi connectivity index (χ3n) is 4.94. The summed E-state index contributed by atoms with van der Waals surface area (Å²) in [7, 11) is 0. The highest BCUT2D eigenvalue weighted by atomic mass is 35.5. The van der Waals surface area contributed by atoms with Crippen molar-refractivity contribution in [2.75, 3.05) is 19.7 Å². The number of nitrogens with zero attached hydrogens (tertiary/aromatic N) is 1. The summed E-state index contributed by atoms with van der Waals surface area (Å²) in [6.07, 6.45) is 3.06. The number of hydrogen-bond acceptors (Lipinski definition) is 6. The maximum atomic E-state index is 9.55. The van der Waals surface area contributed by atoms with Crippen LogP contribution in [0.4, 0.5) is 0 Å². The summed E-state index contributed by atoms with van der Waals surface area (Å²) in [6.45, 7) is 2.48. The van der Waals surface area contributed by atoms with Crippen LogP contribution in [-0.2, 0) is 14.3 Å². The number of hydrogen-bond donors (Lipinski definition) is 3. The van der Waals surface area contributed by atoms with Gasteiger partial charge in [0.1, 0.15) is 5.03 Å². The molecule has 1 aliphatic heterocycles. The normalized spacial score (nSPS) is 16.2. The number of carboxylic acid groups (broad SMARTS) is 2. The van der Waals surface area contributed by atoms with E-state index >= 15 is 0 Å². The van der Waals surface area contributed by atoms with E-state index in [1.54, 1.807) is 11.8 Å². The van der Waals surface area contributed by atoms with E-state index in [0.29, 0.717) is 12.2 Å². The van der Waals surface area contributed by atoms with Crippen molar-refractivity contribution in [3.8, 4) is 11.1 Å². The molecule has 7 nitrogen and oxygen atoms in total. The maximum absolute atomic E-state index is 9.55. The fourth-order valence-corrected chi connectivity index (χ4v) is 4.89. The molecule has 1 fully saturated rings. The molecular weight excluding hydrogens is 488 g/mol. The topological polar surface area (TPSA) is 109 Å². The first-order chi connectivity index (χ1) is 16.9. The van der Waals surface area contributed by atoms with E-state index in [4.69, 9.17) is 26.6 Å². The molecule has 3 aromatic rings. The number of ether oxygens (including phenoxy) is 1. The minimum Gasteiger partial charge on any atom is -0.478 e. The van der Waals surface area contributed by atoms with Gasteiger partial charge in [-0.1, -0.05) is 71.9 Å². The Morgan fingerprint density at radius 1 is 1.06 bits per heavy atom. The van der Waals surface area contributed by atoms with Crippen LogP contribution in [0.2, 0.25) is 5.02 Å². The van der Waals surface area contributed by atoms with Crippen molar-refractivity contribution >= 4 is 35.3 Å². The van der Waals surface area contributed by atoms with Crippen LogP contribution in [0.1, 0.15) is 10.8 Å². The molecule has 4 rings (SSSR count). The predicted molar refractivity (Wildman–Crippen MR) is 137 cm³/mol. The third kappa shape index (κ3) is 8.52. The summed E-state index contributed by atoms with van der Waals surface area (Å²) in [6, 6.07) is 22.5. The van der Waals surface area contributed by atoms with Crippen LogP contribution in [0.15, 0.2) is 90.1 Å². The van der Waals surface area contributed by atoms with E-state index in [1.807, 2.05) is 36.5 Å². The molecule has 9 heteroatoms. The second kappa shape index (κ2) is 13.7. The van der Waals surface area contributed by atoms with E-state index < -0.39 is 11.9 Å². The smallest absolute Gasteiger partial charge is 0.328 e. The van der Waals surface area contributed by atoms with Crippen molar-refractivity contribution in [3.63, 3.8) is 0 Å². The summed E-state index contributed by atoms with van der Waals surface area (Å²) < 4.78 is 6.10. The summed E-state index contributed by atoms with van der Waals surface area (Å²) in [4.78, 5) is 23.8. The van der Waals surface area contributed by atoms with Gasteiger partial charge in [-0.25, -0.2) is 14.6 Å². The van der Waals surface area contributed by atoms with Gasteiger partial charge in [-0.3, -0.25) is 0 Å². The molecule has 3 N–H and O–H groups in total. The first-order valence-electron chi connectivity index (χ1n) is 10.8. The fourth-order valence-electron chi connectivity index (χ4n) is 3.40. The minimum absolute atomic E-state index is 0.0976. The number of pyridine rings is 1. The lowest BCUT2D eigenvalue weighted by Crippen LogP contribution is -2.41. The quantitative estimate of drug-likeness (QED) is 0.302. The zero-order valence-electron chi connectivity index (χ0n) is 18.7. The van der Waals surface area contributed by atoms with Crippen LogP contribution < -0.4 is 5.32 Å². The molecule has 2 aromatic carbocycles. The monoisotopic (exact) mass is 512 g/mol. The largest absolute Gasteiger partial charge is 0.478 e. The molecular formula is C26H25ClN2O5S. The Morgan fingerprint density at radius 3 is 2.43 bits per heavy atom. The first kappa shape index (κ1) is 26.4. The molecule has 2 atom stereocenters. The molecule has 0 radical (unpaired) electrons. The molecule has 2 heterocycles. The van der Waals surface area contributed by atoms with Gasteiger partial charge in [-0.15, -0.1) is 0 Å². The average molecular weight is 513 g/mol. The van der Waals surface area contributed by atoms with Gasteiger partial charge in [0.2, 0.25) is 0 Å². The predicted octanol–water partition coefficient (Wildman–Crippen LogP) is 4.94. The lowest BCUT2D eigenvalue weighted by Gasteiger charge is -2.31. The Bertz CT molecular complexity index is 1140. The maximum Gasteiger partial charge on any atom is 0.328 e. The number of aromatic nitrogens is 1. The summed E-state index contributed by atoms with van der Waals surface area (Å²) in [5, 5.41) is 20.9. The number of carboxylic acids is 2. The van der Waals surface area contributed by atoms with Gasteiger partial charge in [0.25, 0.3) is 0 Å².